The number of nitriles is 1. The van der Waals surface area contributed by atoms with E-state index in [4.69, 9.17) is 5.26 Å². The number of para-hydroxylation sites is 1. The Labute approximate surface area is 109 Å². The quantitative estimate of drug-likeness (QED) is 0.647. The molecule has 1 N–H and O–H groups in total. The van der Waals surface area contributed by atoms with Crippen LogP contribution in [0.1, 0.15) is 13.3 Å². The van der Waals surface area contributed by atoms with Crippen molar-refractivity contribution in [3.05, 3.63) is 24.3 Å². The average Bonchev–Trinajstić information content (AvgIpc) is 2.80. The van der Waals surface area contributed by atoms with Gasteiger partial charge in [-0.1, -0.05) is 17.3 Å². The van der Waals surface area contributed by atoms with Gasteiger partial charge in [0.25, 0.3) is 5.91 Å². The number of carbonyl (C=O) groups is 1. The molecule has 0 aliphatic carbocycles. The molecule has 1 amide bonds. The molecule has 96 valence electrons. The van der Waals surface area contributed by atoms with Crippen LogP contribution in [-0.4, -0.2) is 26.6 Å². The van der Waals surface area contributed by atoms with Crippen molar-refractivity contribution in [3.8, 4) is 6.07 Å². The van der Waals surface area contributed by atoms with Crippen molar-refractivity contribution in [2.45, 2.75) is 19.9 Å². The molecule has 0 bridgehead atoms. The molecule has 0 saturated heterocycles. The number of aromatic nitrogens is 3. The standard InChI is InChI=1S/C12H12N6O/c1-9(14-16-12(19)6-7-13)8-18-11-5-3-2-4-10(11)15-17-18/h2-5H,6,8H2,1H3,(H,16,19)/b14-9-. The van der Waals surface area contributed by atoms with Gasteiger partial charge in [-0.05, 0) is 19.1 Å². The number of benzene rings is 1. The number of hydrazone groups is 1. The molecule has 0 fully saturated rings. The number of nitrogens with one attached hydrogen (secondary N) is 1. The number of nitrogens with zero attached hydrogens (tertiary/aromatic N) is 5. The lowest BCUT2D eigenvalue weighted by atomic mass is 10.3. The predicted octanol–water partition coefficient (Wildman–Crippen LogP) is 0.837. The van der Waals surface area contributed by atoms with Gasteiger partial charge in [-0.2, -0.15) is 10.4 Å². The molecular formula is C12H12N6O. The molecule has 19 heavy (non-hydrogen) atoms. The van der Waals surface area contributed by atoms with Crippen LogP contribution in [0.5, 0.6) is 0 Å². The van der Waals surface area contributed by atoms with Gasteiger partial charge in [0.1, 0.15) is 11.9 Å². The number of fused-ring (bicyclic) bond motifs is 1. The first-order valence-electron chi connectivity index (χ1n) is 5.68. The van der Waals surface area contributed by atoms with E-state index in [1.807, 2.05) is 24.3 Å². The van der Waals surface area contributed by atoms with Gasteiger partial charge >= 0.3 is 0 Å². The summed E-state index contributed by atoms with van der Waals surface area (Å²) in [5.41, 5.74) is 4.69. The van der Waals surface area contributed by atoms with Gasteiger partial charge in [-0.15, -0.1) is 5.10 Å². The Bertz CT molecular complexity index is 666. The van der Waals surface area contributed by atoms with E-state index in [-0.39, 0.29) is 6.42 Å². The van der Waals surface area contributed by atoms with Crippen molar-refractivity contribution < 1.29 is 4.79 Å². The summed E-state index contributed by atoms with van der Waals surface area (Å²) in [6.45, 7) is 2.19. The van der Waals surface area contributed by atoms with E-state index < -0.39 is 5.91 Å². The minimum absolute atomic E-state index is 0.205. The topological polar surface area (TPSA) is 96.0 Å². The Morgan fingerprint density at radius 3 is 3.11 bits per heavy atom. The molecule has 7 heteroatoms. The molecule has 7 nitrogen and oxygen atoms in total. The monoisotopic (exact) mass is 256 g/mol. The second-order valence-corrected chi connectivity index (χ2v) is 3.95. The van der Waals surface area contributed by atoms with E-state index in [0.29, 0.717) is 12.3 Å². The molecule has 1 heterocycles. The molecule has 1 aromatic heterocycles. The maximum atomic E-state index is 11.1. The zero-order chi connectivity index (χ0) is 13.7. The second kappa shape index (κ2) is 5.73. The van der Waals surface area contributed by atoms with Gasteiger partial charge in [0.05, 0.1) is 23.8 Å². The fraction of sp³-hybridized carbons (Fsp3) is 0.250. The highest BCUT2D eigenvalue weighted by atomic mass is 16.2. The predicted molar refractivity (Wildman–Crippen MR) is 69.0 cm³/mol. The summed E-state index contributed by atoms with van der Waals surface area (Å²) in [5, 5.41) is 20.3. The number of carbonyl (C=O) groups excluding carboxylic acids is 1. The molecule has 2 aromatic rings. The van der Waals surface area contributed by atoms with Crippen LogP contribution in [0.25, 0.3) is 11.0 Å². The van der Waals surface area contributed by atoms with Crippen molar-refractivity contribution in [1.29, 1.82) is 5.26 Å². The number of amides is 1. The van der Waals surface area contributed by atoms with Gasteiger partial charge < -0.3 is 0 Å². The Morgan fingerprint density at radius 1 is 1.53 bits per heavy atom. The van der Waals surface area contributed by atoms with Crippen LogP contribution >= 0.6 is 0 Å². The van der Waals surface area contributed by atoms with Crippen molar-refractivity contribution in [3.63, 3.8) is 0 Å². The van der Waals surface area contributed by atoms with Crippen LogP contribution in [0, 0.1) is 11.3 Å². The number of hydrogen-bond acceptors (Lipinski definition) is 5. The molecule has 0 aliphatic rings. The lowest BCUT2D eigenvalue weighted by molar-refractivity contribution is -0.120. The van der Waals surface area contributed by atoms with Crippen molar-refractivity contribution in [2.75, 3.05) is 0 Å². The summed E-state index contributed by atoms with van der Waals surface area (Å²) in [5.74, 6) is -0.426. The number of rotatable bonds is 4. The minimum atomic E-state index is -0.426. The fourth-order valence-corrected chi connectivity index (χ4v) is 1.56. The smallest absolute Gasteiger partial charge is 0.254 e. The zero-order valence-corrected chi connectivity index (χ0v) is 10.4. The molecule has 0 aliphatic heterocycles. The van der Waals surface area contributed by atoms with Crippen molar-refractivity contribution in [1.82, 2.24) is 20.4 Å². The van der Waals surface area contributed by atoms with Crippen LogP contribution in [0.3, 0.4) is 0 Å². The molecule has 0 unspecified atom stereocenters. The third kappa shape index (κ3) is 3.13. The van der Waals surface area contributed by atoms with Gasteiger partial charge in [0.15, 0.2) is 0 Å². The highest BCUT2D eigenvalue weighted by molar-refractivity contribution is 5.86. The van der Waals surface area contributed by atoms with Crippen molar-refractivity contribution in [2.24, 2.45) is 5.10 Å². The summed E-state index contributed by atoms with van der Waals surface area (Å²) in [4.78, 5) is 11.1. The summed E-state index contributed by atoms with van der Waals surface area (Å²) < 4.78 is 1.70. The molecule has 0 radical (unpaired) electrons. The lowest BCUT2D eigenvalue weighted by Crippen LogP contribution is -2.20. The fourth-order valence-electron chi connectivity index (χ4n) is 1.56. The normalized spacial score (nSPS) is 11.3. The van der Waals surface area contributed by atoms with E-state index in [2.05, 4.69) is 20.8 Å². The Morgan fingerprint density at radius 2 is 2.32 bits per heavy atom. The zero-order valence-electron chi connectivity index (χ0n) is 10.4. The van der Waals surface area contributed by atoms with Gasteiger partial charge in [-0.3, -0.25) is 4.79 Å². The first kappa shape index (κ1) is 12.7. The molecule has 2 rings (SSSR count). The summed E-state index contributed by atoms with van der Waals surface area (Å²) in [6, 6.07) is 9.34. The first-order chi connectivity index (χ1) is 9.20. The number of hydrogen-bond donors (Lipinski definition) is 1. The molecule has 0 spiro atoms. The summed E-state index contributed by atoms with van der Waals surface area (Å²) in [6.07, 6.45) is -0.205. The van der Waals surface area contributed by atoms with E-state index in [9.17, 15) is 4.79 Å². The summed E-state index contributed by atoms with van der Waals surface area (Å²) >= 11 is 0. The maximum absolute atomic E-state index is 11.1. The lowest BCUT2D eigenvalue weighted by Gasteiger charge is -2.02. The Balaban J connectivity index is 2.07. The molecular weight excluding hydrogens is 244 g/mol. The minimum Gasteiger partial charge on any atom is -0.272 e. The van der Waals surface area contributed by atoms with Gasteiger partial charge in [-0.25, -0.2) is 10.1 Å². The third-order valence-electron chi connectivity index (χ3n) is 2.41. The second-order valence-electron chi connectivity index (χ2n) is 3.95. The summed E-state index contributed by atoms with van der Waals surface area (Å²) in [7, 11) is 0. The molecule has 0 atom stereocenters. The van der Waals surface area contributed by atoms with Gasteiger partial charge in [0, 0.05) is 0 Å². The van der Waals surface area contributed by atoms with E-state index in [0.717, 1.165) is 11.0 Å². The molecule has 0 saturated carbocycles. The van der Waals surface area contributed by atoms with E-state index in [1.54, 1.807) is 17.7 Å². The van der Waals surface area contributed by atoms with Crippen molar-refractivity contribution >= 4 is 22.7 Å². The molecule has 1 aromatic carbocycles. The SMILES string of the molecule is C/C(Cn1nnc2ccccc21)=N/NC(=O)CC#N. The van der Waals surface area contributed by atoms with E-state index in [1.165, 1.54) is 0 Å². The third-order valence-corrected chi connectivity index (χ3v) is 2.41. The Hall–Kier alpha value is -2.75. The van der Waals surface area contributed by atoms with Gasteiger partial charge in [0.2, 0.25) is 0 Å². The maximum Gasteiger partial charge on any atom is 0.254 e. The van der Waals surface area contributed by atoms with Crippen LogP contribution in [-0.2, 0) is 11.3 Å². The van der Waals surface area contributed by atoms with Crippen LogP contribution in [0.2, 0.25) is 0 Å². The largest absolute Gasteiger partial charge is 0.272 e. The first-order valence-corrected chi connectivity index (χ1v) is 5.68. The highest BCUT2D eigenvalue weighted by Crippen LogP contribution is 2.09. The van der Waals surface area contributed by atoms with Crippen LogP contribution < -0.4 is 5.43 Å². The Kier molecular flexibility index (Phi) is 3.83. The highest BCUT2D eigenvalue weighted by Gasteiger charge is 2.04. The van der Waals surface area contributed by atoms with E-state index >= 15 is 0 Å². The average molecular weight is 256 g/mol. The van der Waals surface area contributed by atoms with Crippen LogP contribution in [0.15, 0.2) is 29.4 Å². The van der Waals surface area contributed by atoms with Crippen LogP contribution in [0.4, 0.5) is 0 Å².